The lowest BCUT2D eigenvalue weighted by atomic mass is 9.46. The number of esters is 2. The molecule has 0 radical (unpaired) electrons. The molecular weight excluding hydrogens is 805 g/mol. The van der Waals surface area contributed by atoms with Crippen molar-refractivity contribution in [2.75, 3.05) is 20.3 Å². The molecule has 3 saturated carbocycles. The molecule has 15 nitrogen and oxygen atoms in total. The molecule has 5 unspecified atom stereocenters. The van der Waals surface area contributed by atoms with Crippen molar-refractivity contribution in [2.45, 2.75) is 166 Å². The van der Waals surface area contributed by atoms with E-state index in [4.69, 9.17) is 33.2 Å². The standard InChI is InChI=1S/C47H68O15/c1-24(2)8-15-34(50)25(3)47(55)37(21-33-31-14-11-28-20-29(49)16-18-45(28,5)32(31)17-19-46(33,47)6)60-44-41(59-26(4)48)39(36(52)23-58-44)62-43-40(38(53)35(51)22-57-43)61-42(54)27-9-12-30(56-7)13-10-27/h9-13,24-25,29,31-33,35-41,43-44,49,51-53,55H,8,14-23H2,1-7H3/t25?,29-,31?,32?,33?,35+,36-,37-,38-,39-,40+,41+,43-,44?,45-,46-,47+/m0/s1. The van der Waals surface area contributed by atoms with E-state index < -0.39 is 90.8 Å². The number of carbonyl (C=O) groups is 3. The number of methoxy groups -OCH3 is 1. The fraction of sp³-hybridized carbons (Fsp3) is 0.766. The highest BCUT2D eigenvalue weighted by Crippen LogP contribution is 2.69. The third-order valence-electron chi connectivity index (χ3n) is 15.7. The molecule has 5 N–H and O–H groups in total. The van der Waals surface area contributed by atoms with Gasteiger partial charge in [-0.25, -0.2) is 4.79 Å². The lowest BCUT2D eigenvalue weighted by Crippen LogP contribution is -2.64. The zero-order valence-electron chi connectivity index (χ0n) is 37.1. The van der Waals surface area contributed by atoms with Gasteiger partial charge in [0.25, 0.3) is 0 Å². The second-order valence-corrected chi connectivity index (χ2v) is 19.7. The summed E-state index contributed by atoms with van der Waals surface area (Å²) in [5.74, 6) is -1.30. The summed E-state index contributed by atoms with van der Waals surface area (Å²) in [7, 11) is 1.48. The Morgan fingerprint density at radius 3 is 2.19 bits per heavy atom. The maximum atomic E-state index is 14.2. The minimum absolute atomic E-state index is 0.0591. The third-order valence-corrected chi connectivity index (χ3v) is 15.7. The molecule has 2 aliphatic heterocycles. The van der Waals surface area contributed by atoms with Gasteiger partial charge < -0.3 is 58.7 Å². The summed E-state index contributed by atoms with van der Waals surface area (Å²) in [6, 6.07) is 6.05. The van der Waals surface area contributed by atoms with E-state index in [-0.39, 0.29) is 53.6 Å². The summed E-state index contributed by atoms with van der Waals surface area (Å²) >= 11 is 0. The lowest BCUT2D eigenvalue weighted by molar-refractivity contribution is -0.345. The number of Topliss-reactive ketones (excluding diaryl/α,β-unsaturated/α-hetero) is 1. The first-order chi connectivity index (χ1) is 29.3. The molecule has 1 aromatic carbocycles. The van der Waals surface area contributed by atoms with Gasteiger partial charge in [0.2, 0.25) is 0 Å². The second kappa shape index (κ2) is 18.5. The van der Waals surface area contributed by atoms with Crippen molar-refractivity contribution < 1.29 is 73.1 Å². The molecule has 62 heavy (non-hydrogen) atoms. The van der Waals surface area contributed by atoms with Crippen molar-refractivity contribution >= 4 is 17.7 Å². The molecule has 15 heteroatoms. The Morgan fingerprint density at radius 2 is 1.53 bits per heavy atom. The molecule has 1 aromatic rings. The van der Waals surface area contributed by atoms with Crippen LogP contribution in [0, 0.1) is 40.4 Å². The van der Waals surface area contributed by atoms with Gasteiger partial charge in [0.1, 0.15) is 41.5 Å². The lowest BCUT2D eigenvalue weighted by Gasteiger charge is -2.59. The molecule has 2 heterocycles. The average Bonchev–Trinajstić information content (AvgIpc) is 3.47. The molecule has 5 fully saturated rings. The molecular formula is C47H68O15. The van der Waals surface area contributed by atoms with Crippen LogP contribution in [0.25, 0.3) is 0 Å². The van der Waals surface area contributed by atoms with Crippen molar-refractivity contribution in [1.29, 1.82) is 0 Å². The molecule has 0 aromatic heterocycles. The Labute approximate surface area is 364 Å². The highest BCUT2D eigenvalue weighted by Gasteiger charge is 2.70. The maximum absolute atomic E-state index is 14.2. The second-order valence-electron chi connectivity index (χ2n) is 19.7. The number of hydrogen-bond donors (Lipinski definition) is 5. The number of ether oxygens (including phenoxy) is 7. The van der Waals surface area contributed by atoms with Crippen LogP contribution in [0.15, 0.2) is 35.9 Å². The Kier molecular flexibility index (Phi) is 14.0. The van der Waals surface area contributed by atoms with Gasteiger partial charge in [-0.05, 0) is 105 Å². The molecule has 0 spiro atoms. The van der Waals surface area contributed by atoms with Crippen molar-refractivity contribution in [1.82, 2.24) is 0 Å². The zero-order valence-corrected chi connectivity index (χ0v) is 37.1. The van der Waals surface area contributed by atoms with E-state index in [1.165, 1.54) is 31.7 Å². The van der Waals surface area contributed by atoms with Crippen molar-refractivity contribution in [2.24, 2.45) is 40.4 Å². The number of ketones is 1. The van der Waals surface area contributed by atoms with Crippen LogP contribution < -0.4 is 4.74 Å². The summed E-state index contributed by atoms with van der Waals surface area (Å²) in [6.07, 6.45) is -5.12. The highest BCUT2D eigenvalue weighted by atomic mass is 16.8. The van der Waals surface area contributed by atoms with E-state index in [0.29, 0.717) is 37.4 Å². The van der Waals surface area contributed by atoms with Gasteiger partial charge in [0.05, 0.1) is 38.1 Å². The molecule has 346 valence electrons. The first-order valence-corrected chi connectivity index (χ1v) is 22.6. The first-order valence-electron chi connectivity index (χ1n) is 22.6. The number of benzene rings is 1. The Bertz CT molecular complexity index is 1800. The Balaban J connectivity index is 1.18. The summed E-state index contributed by atoms with van der Waals surface area (Å²) < 4.78 is 41.7. The third kappa shape index (κ3) is 8.62. The summed E-state index contributed by atoms with van der Waals surface area (Å²) in [5.41, 5.74) is -1.08. The van der Waals surface area contributed by atoms with Crippen LogP contribution in [0.5, 0.6) is 5.75 Å². The van der Waals surface area contributed by atoms with Crippen LogP contribution in [-0.4, -0.2) is 131 Å². The predicted molar refractivity (Wildman–Crippen MR) is 221 cm³/mol. The van der Waals surface area contributed by atoms with E-state index >= 15 is 0 Å². The van der Waals surface area contributed by atoms with Gasteiger partial charge in [-0.3, -0.25) is 9.59 Å². The molecule has 7 rings (SSSR count). The molecule has 0 amide bonds. The highest BCUT2D eigenvalue weighted by molar-refractivity contribution is 5.89. The van der Waals surface area contributed by atoms with Crippen LogP contribution >= 0.6 is 0 Å². The van der Waals surface area contributed by atoms with E-state index in [2.05, 4.69) is 33.8 Å². The molecule has 4 aliphatic carbocycles. The maximum Gasteiger partial charge on any atom is 0.338 e. The van der Waals surface area contributed by atoms with Crippen molar-refractivity contribution in [3.63, 3.8) is 0 Å². The van der Waals surface area contributed by atoms with Crippen LogP contribution in [-0.2, 0) is 38.0 Å². The first kappa shape index (κ1) is 47.0. The molecule has 2 saturated heterocycles. The average molecular weight is 873 g/mol. The summed E-state index contributed by atoms with van der Waals surface area (Å²) in [6.45, 7) is 10.7. The summed E-state index contributed by atoms with van der Waals surface area (Å²) in [4.78, 5) is 40.3. The fourth-order valence-corrected chi connectivity index (χ4v) is 12.1. The van der Waals surface area contributed by atoms with Gasteiger partial charge in [-0.15, -0.1) is 0 Å². The van der Waals surface area contributed by atoms with Gasteiger partial charge >= 0.3 is 11.9 Å². The van der Waals surface area contributed by atoms with Crippen molar-refractivity contribution in [3.8, 4) is 5.75 Å². The van der Waals surface area contributed by atoms with Gasteiger partial charge in [0.15, 0.2) is 24.8 Å². The number of aliphatic hydroxyl groups is 5. The van der Waals surface area contributed by atoms with Crippen LogP contribution in [0.2, 0.25) is 0 Å². The number of aliphatic hydroxyl groups excluding tert-OH is 4. The quantitative estimate of drug-likeness (QED) is 0.140. The summed E-state index contributed by atoms with van der Waals surface area (Å²) in [5, 5.41) is 57.1. The SMILES string of the molecule is COc1ccc(C(=O)O[C@H]2[C@H](O[C@H]3[C@@H](O)COC(O[C@H]4CC5C6CC=C7C[C@@H](O)CC[C@]7(C)C6CC[C@]5(C)[C@@]4(O)C(C)C(=O)CCC(C)C)[C@@H]3OC(C)=O)OC[C@@H](O)[C@@H]2O)cc1. The van der Waals surface area contributed by atoms with E-state index in [9.17, 15) is 39.9 Å². The topological polar surface area (TPSA) is 217 Å². The number of hydrogen-bond acceptors (Lipinski definition) is 15. The predicted octanol–water partition coefficient (Wildman–Crippen LogP) is 4.02. The number of fused-ring (bicyclic) bond motifs is 5. The van der Waals surface area contributed by atoms with Gasteiger partial charge in [-0.1, -0.05) is 46.3 Å². The van der Waals surface area contributed by atoms with Crippen molar-refractivity contribution in [3.05, 3.63) is 41.5 Å². The Morgan fingerprint density at radius 1 is 0.855 bits per heavy atom. The zero-order chi connectivity index (χ0) is 44.9. The largest absolute Gasteiger partial charge is 0.497 e. The van der Waals surface area contributed by atoms with E-state index in [1.54, 1.807) is 19.1 Å². The van der Waals surface area contributed by atoms with E-state index in [1.807, 2.05) is 0 Å². The Hall–Kier alpha value is -2.99. The minimum Gasteiger partial charge on any atom is -0.497 e. The van der Waals surface area contributed by atoms with Crippen LogP contribution in [0.1, 0.15) is 110 Å². The fourth-order valence-electron chi connectivity index (χ4n) is 12.1. The number of carbonyl (C=O) groups excluding carboxylic acids is 3. The molecule has 17 atom stereocenters. The van der Waals surface area contributed by atoms with Gasteiger partial charge in [-0.2, -0.15) is 0 Å². The molecule has 6 aliphatic rings. The smallest absolute Gasteiger partial charge is 0.338 e. The number of rotatable bonds is 13. The van der Waals surface area contributed by atoms with Crippen LogP contribution in [0.4, 0.5) is 0 Å². The van der Waals surface area contributed by atoms with Gasteiger partial charge in [0, 0.05) is 24.7 Å². The van der Waals surface area contributed by atoms with E-state index in [0.717, 1.165) is 25.7 Å². The van der Waals surface area contributed by atoms with Crippen LogP contribution in [0.3, 0.4) is 0 Å². The minimum atomic E-state index is -1.67. The molecule has 0 bridgehead atoms. The normalized spacial score (nSPS) is 42.1. The number of allylic oxidation sites excluding steroid dienone is 1. The monoisotopic (exact) mass is 872 g/mol.